The van der Waals surface area contributed by atoms with E-state index in [2.05, 4.69) is 0 Å². The zero-order chi connectivity index (χ0) is 17.7. The predicted octanol–water partition coefficient (Wildman–Crippen LogP) is 3.72. The van der Waals surface area contributed by atoms with E-state index in [4.69, 9.17) is 23.2 Å². The van der Waals surface area contributed by atoms with Gasteiger partial charge in [0.2, 0.25) is 5.91 Å². The third-order valence-corrected chi connectivity index (χ3v) is 4.31. The monoisotopic (exact) mass is 364 g/mol. The predicted molar refractivity (Wildman–Crippen MR) is 96.3 cm³/mol. The third kappa shape index (κ3) is 4.73. The number of nitrogens with zero attached hydrogens (tertiary/aromatic N) is 2. The Morgan fingerprint density at radius 3 is 2.21 bits per heavy atom. The lowest BCUT2D eigenvalue weighted by molar-refractivity contribution is -0.130. The molecule has 0 N–H and O–H groups in total. The number of carbonyl (C=O) groups excluding carboxylic acids is 2. The number of halogens is 2. The van der Waals surface area contributed by atoms with Crippen molar-refractivity contribution in [2.45, 2.75) is 6.54 Å². The van der Waals surface area contributed by atoms with Gasteiger partial charge in [0.15, 0.2) is 0 Å². The third-order valence-electron chi connectivity index (χ3n) is 3.57. The van der Waals surface area contributed by atoms with Crippen molar-refractivity contribution < 1.29 is 9.59 Å². The molecule has 0 saturated heterocycles. The average Bonchev–Trinajstić information content (AvgIpc) is 2.58. The molecule has 0 atom stereocenters. The van der Waals surface area contributed by atoms with Crippen molar-refractivity contribution in [3.8, 4) is 0 Å². The molecule has 4 nitrogen and oxygen atoms in total. The Morgan fingerprint density at radius 1 is 0.917 bits per heavy atom. The number of hydrogen-bond donors (Lipinski definition) is 0. The molecule has 0 bridgehead atoms. The van der Waals surface area contributed by atoms with Gasteiger partial charge in [-0.2, -0.15) is 0 Å². The van der Waals surface area contributed by atoms with E-state index < -0.39 is 0 Å². The number of amides is 2. The van der Waals surface area contributed by atoms with E-state index in [1.54, 1.807) is 55.4 Å². The zero-order valence-corrected chi connectivity index (χ0v) is 15.0. The maximum Gasteiger partial charge on any atom is 0.254 e. The number of likely N-dealkylation sites (N-methyl/N-ethyl adjacent to an activating group) is 2. The second-order valence-corrected chi connectivity index (χ2v) is 6.34. The second-order valence-electron chi connectivity index (χ2n) is 5.53. The van der Waals surface area contributed by atoms with Crippen molar-refractivity contribution in [2.24, 2.45) is 0 Å². The molecule has 0 unspecified atom stereocenters. The lowest BCUT2D eigenvalue weighted by Crippen LogP contribution is -2.39. The first-order valence-corrected chi connectivity index (χ1v) is 8.12. The van der Waals surface area contributed by atoms with Crippen LogP contribution in [0.2, 0.25) is 10.0 Å². The summed E-state index contributed by atoms with van der Waals surface area (Å²) in [5.41, 5.74) is 1.43. The van der Waals surface area contributed by atoms with Crippen LogP contribution in [-0.4, -0.2) is 42.3 Å². The molecule has 0 fully saturated rings. The minimum absolute atomic E-state index is 0.00551. The number of carbonyl (C=O) groups is 2. The fraction of sp³-hybridized carbons (Fsp3) is 0.222. The van der Waals surface area contributed by atoms with Crippen LogP contribution in [0.1, 0.15) is 15.9 Å². The quantitative estimate of drug-likeness (QED) is 0.810. The SMILES string of the molecule is CN(Cc1ccc(Cl)c(Cl)c1)C(=O)CN(C)C(=O)c1ccccc1. The summed E-state index contributed by atoms with van der Waals surface area (Å²) >= 11 is 11.9. The van der Waals surface area contributed by atoms with Gasteiger partial charge >= 0.3 is 0 Å². The molecule has 0 saturated carbocycles. The van der Waals surface area contributed by atoms with Gasteiger partial charge in [-0.15, -0.1) is 0 Å². The largest absolute Gasteiger partial charge is 0.340 e. The highest BCUT2D eigenvalue weighted by Crippen LogP contribution is 2.23. The summed E-state index contributed by atoms with van der Waals surface area (Å²) in [6, 6.07) is 14.1. The average molecular weight is 365 g/mol. The molecule has 24 heavy (non-hydrogen) atoms. The minimum atomic E-state index is -0.188. The molecular formula is C18H18Cl2N2O2. The Kier molecular flexibility index (Phi) is 6.23. The first-order valence-electron chi connectivity index (χ1n) is 7.37. The van der Waals surface area contributed by atoms with Crippen molar-refractivity contribution in [2.75, 3.05) is 20.6 Å². The molecule has 2 aromatic rings. The summed E-state index contributed by atoms with van der Waals surface area (Å²) in [5, 5.41) is 0.925. The van der Waals surface area contributed by atoms with E-state index in [0.29, 0.717) is 22.2 Å². The van der Waals surface area contributed by atoms with E-state index in [1.165, 1.54) is 4.90 Å². The van der Waals surface area contributed by atoms with Crippen LogP contribution < -0.4 is 0 Å². The summed E-state index contributed by atoms with van der Waals surface area (Å²) in [5.74, 6) is -0.347. The van der Waals surface area contributed by atoms with Crippen LogP contribution >= 0.6 is 23.2 Å². The van der Waals surface area contributed by atoms with Gasteiger partial charge in [0, 0.05) is 26.2 Å². The Hall–Kier alpha value is -2.04. The highest BCUT2D eigenvalue weighted by molar-refractivity contribution is 6.42. The van der Waals surface area contributed by atoms with Crippen LogP contribution in [0, 0.1) is 0 Å². The van der Waals surface area contributed by atoms with Gasteiger partial charge < -0.3 is 9.80 Å². The molecule has 2 aromatic carbocycles. The van der Waals surface area contributed by atoms with E-state index in [-0.39, 0.29) is 18.4 Å². The summed E-state index contributed by atoms with van der Waals surface area (Å²) < 4.78 is 0. The van der Waals surface area contributed by atoms with Crippen molar-refractivity contribution in [3.05, 3.63) is 69.7 Å². The van der Waals surface area contributed by atoms with Gasteiger partial charge in [0.25, 0.3) is 5.91 Å². The van der Waals surface area contributed by atoms with E-state index in [0.717, 1.165) is 5.56 Å². The molecule has 2 rings (SSSR count). The summed E-state index contributed by atoms with van der Waals surface area (Å²) in [6.45, 7) is 0.397. The summed E-state index contributed by atoms with van der Waals surface area (Å²) in [7, 11) is 3.30. The van der Waals surface area contributed by atoms with Crippen LogP contribution in [-0.2, 0) is 11.3 Å². The van der Waals surface area contributed by atoms with Gasteiger partial charge in [0.1, 0.15) is 0 Å². The van der Waals surface area contributed by atoms with Gasteiger partial charge in [-0.05, 0) is 29.8 Å². The molecule has 0 aliphatic heterocycles. The number of benzene rings is 2. The molecule has 0 heterocycles. The molecule has 6 heteroatoms. The fourth-order valence-corrected chi connectivity index (χ4v) is 2.52. The van der Waals surface area contributed by atoms with Gasteiger partial charge in [-0.25, -0.2) is 0 Å². The smallest absolute Gasteiger partial charge is 0.254 e. The normalized spacial score (nSPS) is 10.3. The highest BCUT2D eigenvalue weighted by atomic mass is 35.5. The summed E-state index contributed by atoms with van der Waals surface area (Å²) in [4.78, 5) is 27.5. The highest BCUT2D eigenvalue weighted by Gasteiger charge is 2.17. The Balaban J connectivity index is 1.95. The lowest BCUT2D eigenvalue weighted by atomic mass is 10.2. The molecule has 0 aromatic heterocycles. The molecule has 2 amide bonds. The first kappa shape index (κ1) is 18.3. The van der Waals surface area contributed by atoms with Crippen molar-refractivity contribution in [1.82, 2.24) is 9.80 Å². The molecular weight excluding hydrogens is 347 g/mol. The van der Waals surface area contributed by atoms with Gasteiger partial charge in [-0.1, -0.05) is 47.5 Å². The lowest BCUT2D eigenvalue weighted by Gasteiger charge is -2.22. The number of rotatable bonds is 5. The molecule has 0 aliphatic carbocycles. The zero-order valence-electron chi connectivity index (χ0n) is 13.5. The van der Waals surface area contributed by atoms with E-state index in [1.807, 2.05) is 12.1 Å². The van der Waals surface area contributed by atoms with Crippen molar-refractivity contribution in [3.63, 3.8) is 0 Å². The van der Waals surface area contributed by atoms with E-state index >= 15 is 0 Å². The Labute approximate surface area is 151 Å². The molecule has 0 radical (unpaired) electrons. The van der Waals surface area contributed by atoms with Crippen LogP contribution in [0.3, 0.4) is 0 Å². The fourth-order valence-electron chi connectivity index (χ4n) is 2.20. The van der Waals surface area contributed by atoms with Crippen molar-refractivity contribution in [1.29, 1.82) is 0 Å². The maximum absolute atomic E-state index is 12.3. The second kappa shape index (κ2) is 8.18. The van der Waals surface area contributed by atoms with Crippen molar-refractivity contribution >= 4 is 35.0 Å². The van der Waals surface area contributed by atoms with Crippen LogP contribution in [0.15, 0.2) is 48.5 Å². The van der Waals surface area contributed by atoms with E-state index in [9.17, 15) is 9.59 Å². The molecule has 126 valence electrons. The molecule has 0 spiro atoms. The first-order chi connectivity index (χ1) is 11.4. The standard InChI is InChI=1S/C18H18Cl2N2O2/c1-21(11-13-8-9-15(19)16(20)10-13)17(23)12-22(2)18(24)14-6-4-3-5-7-14/h3-10H,11-12H2,1-2H3. The van der Waals surface area contributed by atoms with Gasteiger partial charge in [-0.3, -0.25) is 9.59 Å². The minimum Gasteiger partial charge on any atom is -0.340 e. The molecule has 0 aliphatic rings. The Bertz CT molecular complexity index is 735. The topological polar surface area (TPSA) is 40.6 Å². The summed E-state index contributed by atoms with van der Waals surface area (Å²) in [6.07, 6.45) is 0. The van der Waals surface area contributed by atoms with Crippen LogP contribution in [0.5, 0.6) is 0 Å². The van der Waals surface area contributed by atoms with Crippen LogP contribution in [0.4, 0.5) is 0 Å². The van der Waals surface area contributed by atoms with Crippen LogP contribution in [0.25, 0.3) is 0 Å². The maximum atomic E-state index is 12.3. The Morgan fingerprint density at radius 2 is 1.58 bits per heavy atom. The van der Waals surface area contributed by atoms with Gasteiger partial charge in [0.05, 0.1) is 16.6 Å². The number of hydrogen-bond acceptors (Lipinski definition) is 2.